The zero-order valence-corrected chi connectivity index (χ0v) is 8.45. The topological polar surface area (TPSA) is 124 Å². The van der Waals surface area contributed by atoms with E-state index in [4.69, 9.17) is 5.73 Å². The number of nitrogens with zero attached hydrogens (tertiary/aromatic N) is 3. The van der Waals surface area contributed by atoms with Crippen molar-refractivity contribution >= 4 is 17.5 Å². The summed E-state index contributed by atoms with van der Waals surface area (Å²) >= 11 is 0. The minimum atomic E-state index is -0.656. The third kappa shape index (κ3) is 2.43. The molecular formula is C9H7N5O3. The Morgan fingerprint density at radius 2 is 1.94 bits per heavy atom. The lowest BCUT2D eigenvalue weighted by Gasteiger charge is -2.00. The number of carbonyl (C=O) groups is 2. The van der Waals surface area contributed by atoms with Gasteiger partial charge in [-0.25, -0.2) is 9.97 Å². The van der Waals surface area contributed by atoms with Gasteiger partial charge >= 0.3 is 0 Å². The van der Waals surface area contributed by atoms with Gasteiger partial charge in [-0.05, 0) is 0 Å². The van der Waals surface area contributed by atoms with Gasteiger partial charge in [-0.1, -0.05) is 5.16 Å². The Kier molecular flexibility index (Phi) is 2.77. The maximum Gasteiger partial charge on any atom is 0.293 e. The molecule has 0 unspecified atom stereocenters. The number of amides is 2. The summed E-state index contributed by atoms with van der Waals surface area (Å²) in [7, 11) is 0. The van der Waals surface area contributed by atoms with Crippen LogP contribution in [0, 0.1) is 0 Å². The Bertz CT molecular complexity index is 534. The van der Waals surface area contributed by atoms with E-state index in [1.54, 1.807) is 0 Å². The van der Waals surface area contributed by atoms with Crippen LogP contribution in [0.4, 0.5) is 5.69 Å². The molecule has 0 saturated carbocycles. The van der Waals surface area contributed by atoms with Crippen LogP contribution in [0.15, 0.2) is 29.4 Å². The standard InChI is InChI=1S/C9H7N5O3/c10-7(15)5-1-11-8(12-2-5)9(16)14-6-3-13-17-4-6/h1-4H,(H2,10,15)(H,14,16). The number of hydrogen-bond donors (Lipinski definition) is 2. The molecule has 0 aromatic carbocycles. The second kappa shape index (κ2) is 4.39. The number of carbonyl (C=O) groups excluding carboxylic acids is 2. The first-order valence-corrected chi connectivity index (χ1v) is 4.49. The molecule has 0 aliphatic carbocycles. The van der Waals surface area contributed by atoms with Crippen molar-refractivity contribution in [3.8, 4) is 0 Å². The molecule has 17 heavy (non-hydrogen) atoms. The molecule has 0 atom stereocenters. The van der Waals surface area contributed by atoms with E-state index >= 15 is 0 Å². The van der Waals surface area contributed by atoms with Gasteiger partial charge in [0.1, 0.15) is 12.0 Å². The summed E-state index contributed by atoms with van der Waals surface area (Å²) in [4.78, 5) is 29.7. The average molecular weight is 233 g/mol. The molecule has 0 radical (unpaired) electrons. The zero-order valence-electron chi connectivity index (χ0n) is 8.45. The number of rotatable bonds is 3. The van der Waals surface area contributed by atoms with Crippen LogP contribution in [0.2, 0.25) is 0 Å². The predicted octanol–water partition coefficient (Wildman–Crippen LogP) is -0.184. The van der Waals surface area contributed by atoms with E-state index in [1.165, 1.54) is 24.9 Å². The van der Waals surface area contributed by atoms with Crippen molar-refractivity contribution in [2.24, 2.45) is 5.73 Å². The van der Waals surface area contributed by atoms with E-state index in [9.17, 15) is 9.59 Å². The average Bonchev–Trinajstić information content (AvgIpc) is 2.82. The molecule has 86 valence electrons. The normalized spacial score (nSPS) is 9.88. The smallest absolute Gasteiger partial charge is 0.293 e. The Morgan fingerprint density at radius 1 is 1.24 bits per heavy atom. The van der Waals surface area contributed by atoms with Gasteiger partial charge in [0, 0.05) is 12.4 Å². The number of primary amides is 1. The Morgan fingerprint density at radius 3 is 2.47 bits per heavy atom. The molecule has 0 aliphatic rings. The summed E-state index contributed by atoms with van der Waals surface area (Å²) in [5.74, 6) is -1.28. The van der Waals surface area contributed by atoms with E-state index in [0.717, 1.165) is 0 Å². The van der Waals surface area contributed by atoms with Crippen molar-refractivity contribution in [2.75, 3.05) is 5.32 Å². The van der Waals surface area contributed by atoms with E-state index in [-0.39, 0.29) is 11.4 Å². The molecule has 2 aromatic heterocycles. The van der Waals surface area contributed by atoms with Gasteiger partial charge in [0.2, 0.25) is 5.82 Å². The largest absolute Gasteiger partial charge is 0.366 e. The van der Waals surface area contributed by atoms with E-state index in [1.807, 2.05) is 0 Å². The van der Waals surface area contributed by atoms with Crippen LogP contribution < -0.4 is 11.1 Å². The minimum Gasteiger partial charge on any atom is -0.366 e. The maximum atomic E-state index is 11.6. The molecule has 0 saturated heterocycles. The van der Waals surface area contributed by atoms with Crippen molar-refractivity contribution in [3.63, 3.8) is 0 Å². The van der Waals surface area contributed by atoms with Gasteiger partial charge in [0.05, 0.1) is 11.8 Å². The molecule has 2 heterocycles. The Labute approximate surface area is 94.8 Å². The second-order valence-electron chi connectivity index (χ2n) is 3.03. The third-order valence-electron chi connectivity index (χ3n) is 1.83. The molecule has 0 bridgehead atoms. The van der Waals surface area contributed by atoms with Gasteiger partial charge in [0.25, 0.3) is 11.8 Å². The highest BCUT2D eigenvalue weighted by Crippen LogP contribution is 2.05. The van der Waals surface area contributed by atoms with Gasteiger partial charge in [0.15, 0.2) is 0 Å². The third-order valence-corrected chi connectivity index (χ3v) is 1.83. The Balaban J connectivity index is 2.12. The van der Waals surface area contributed by atoms with Crippen LogP contribution in [-0.2, 0) is 0 Å². The fourth-order valence-corrected chi connectivity index (χ4v) is 1.03. The highest BCUT2D eigenvalue weighted by Gasteiger charge is 2.11. The highest BCUT2D eigenvalue weighted by molar-refractivity contribution is 6.01. The van der Waals surface area contributed by atoms with Crippen LogP contribution in [0.25, 0.3) is 0 Å². The molecule has 2 aromatic rings. The van der Waals surface area contributed by atoms with Crippen LogP contribution in [-0.4, -0.2) is 26.9 Å². The summed E-state index contributed by atoms with van der Waals surface area (Å²) in [6.45, 7) is 0. The summed E-state index contributed by atoms with van der Waals surface area (Å²) in [6.07, 6.45) is 4.95. The second-order valence-corrected chi connectivity index (χ2v) is 3.03. The summed E-state index contributed by atoms with van der Waals surface area (Å²) in [5, 5.41) is 5.87. The van der Waals surface area contributed by atoms with Crippen LogP contribution in [0.5, 0.6) is 0 Å². The first-order valence-electron chi connectivity index (χ1n) is 4.49. The highest BCUT2D eigenvalue weighted by atomic mass is 16.5. The molecule has 0 aliphatic heterocycles. The lowest BCUT2D eigenvalue weighted by Crippen LogP contribution is -2.17. The number of aromatic nitrogens is 3. The molecular weight excluding hydrogens is 226 g/mol. The number of hydrogen-bond acceptors (Lipinski definition) is 6. The molecule has 8 nitrogen and oxygen atoms in total. The van der Waals surface area contributed by atoms with Crippen molar-refractivity contribution in [2.45, 2.75) is 0 Å². The molecule has 0 spiro atoms. The SMILES string of the molecule is NC(=O)c1cnc(C(=O)Nc2cnoc2)nc1. The Hall–Kier alpha value is -2.77. The molecule has 2 rings (SSSR count). The predicted molar refractivity (Wildman–Crippen MR) is 55.0 cm³/mol. The van der Waals surface area contributed by atoms with E-state index < -0.39 is 11.8 Å². The number of nitrogens with two attached hydrogens (primary N) is 1. The fourth-order valence-electron chi connectivity index (χ4n) is 1.03. The molecule has 2 amide bonds. The van der Waals surface area contributed by atoms with Crippen molar-refractivity contribution < 1.29 is 14.1 Å². The lowest BCUT2D eigenvalue weighted by molar-refractivity contribution is 0.0990. The number of nitrogens with one attached hydrogen (secondary N) is 1. The van der Waals surface area contributed by atoms with Crippen molar-refractivity contribution in [1.29, 1.82) is 0 Å². The molecule has 0 fully saturated rings. The molecule has 3 N–H and O–H groups in total. The fraction of sp³-hybridized carbons (Fsp3) is 0. The summed E-state index contributed by atoms with van der Waals surface area (Å²) in [5.41, 5.74) is 5.53. The molecule has 8 heteroatoms. The van der Waals surface area contributed by atoms with Gasteiger partial charge in [-0.15, -0.1) is 0 Å². The first kappa shape index (κ1) is 10.7. The van der Waals surface area contributed by atoms with Gasteiger partial charge < -0.3 is 15.6 Å². The van der Waals surface area contributed by atoms with Gasteiger partial charge in [-0.3, -0.25) is 9.59 Å². The van der Waals surface area contributed by atoms with Crippen LogP contribution >= 0.6 is 0 Å². The van der Waals surface area contributed by atoms with Crippen molar-refractivity contribution in [3.05, 3.63) is 36.2 Å². The first-order chi connectivity index (χ1) is 8.16. The lowest BCUT2D eigenvalue weighted by atomic mass is 10.3. The number of anilines is 1. The van der Waals surface area contributed by atoms with Crippen LogP contribution in [0.3, 0.4) is 0 Å². The maximum absolute atomic E-state index is 11.6. The van der Waals surface area contributed by atoms with Crippen LogP contribution in [0.1, 0.15) is 21.0 Å². The van der Waals surface area contributed by atoms with Gasteiger partial charge in [-0.2, -0.15) is 0 Å². The zero-order chi connectivity index (χ0) is 12.3. The summed E-state index contributed by atoms with van der Waals surface area (Å²) in [6, 6.07) is 0. The quantitative estimate of drug-likeness (QED) is 0.757. The summed E-state index contributed by atoms with van der Waals surface area (Å²) < 4.78 is 4.54. The van der Waals surface area contributed by atoms with E-state index in [2.05, 4.69) is 25.0 Å². The van der Waals surface area contributed by atoms with E-state index in [0.29, 0.717) is 5.69 Å². The monoisotopic (exact) mass is 233 g/mol. The van der Waals surface area contributed by atoms with Crippen molar-refractivity contribution in [1.82, 2.24) is 15.1 Å². The minimum absolute atomic E-state index is 0.0869.